The Bertz CT molecular complexity index is 809. The van der Waals surface area contributed by atoms with E-state index in [0.29, 0.717) is 12.1 Å². The fraction of sp³-hybridized carbons (Fsp3) is 0. The van der Waals surface area contributed by atoms with Crippen LogP contribution in [-0.4, -0.2) is 8.42 Å². The first kappa shape index (κ1) is 15.1. The zero-order chi connectivity index (χ0) is 15.8. The van der Waals surface area contributed by atoms with Crippen molar-refractivity contribution in [3.05, 3.63) is 53.6 Å². The number of nitrogens with one attached hydrogen (secondary N) is 1. The molecular formula is C12H8F4N2O2S. The number of hydrogen-bond donors (Lipinski definition) is 2. The number of benzene rings is 2. The van der Waals surface area contributed by atoms with Crippen molar-refractivity contribution in [3.63, 3.8) is 0 Å². The van der Waals surface area contributed by atoms with Crippen molar-refractivity contribution in [2.75, 3.05) is 10.5 Å². The van der Waals surface area contributed by atoms with E-state index in [-0.39, 0.29) is 11.4 Å². The molecule has 3 N–H and O–H groups in total. The van der Waals surface area contributed by atoms with Crippen LogP contribution in [0.4, 0.5) is 28.9 Å². The van der Waals surface area contributed by atoms with Crippen LogP contribution < -0.4 is 10.5 Å². The smallest absolute Gasteiger partial charge is 0.264 e. The van der Waals surface area contributed by atoms with Gasteiger partial charge in [0.05, 0.1) is 11.4 Å². The molecule has 0 aromatic heterocycles. The molecule has 0 aliphatic heterocycles. The molecule has 0 bridgehead atoms. The van der Waals surface area contributed by atoms with Gasteiger partial charge in [0.1, 0.15) is 10.7 Å². The lowest BCUT2D eigenvalue weighted by molar-refractivity contribution is 0.432. The summed E-state index contributed by atoms with van der Waals surface area (Å²) >= 11 is 0. The first-order valence-corrected chi connectivity index (χ1v) is 6.92. The van der Waals surface area contributed by atoms with E-state index in [1.165, 1.54) is 0 Å². The van der Waals surface area contributed by atoms with E-state index in [1.807, 2.05) is 4.72 Å². The number of hydrogen-bond acceptors (Lipinski definition) is 3. The highest BCUT2D eigenvalue weighted by Crippen LogP contribution is 2.23. The molecule has 112 valence electrons. The highest BCUT2D eigenvalue weighted by atomic mass is 32.2. The lowest BCUT2D eigenvalue weighted by Gasteiger charge is -2.10. The van der Waals surface area contributed by atoms with E-state index in [4.69, 9.17) is 5.73 Å². The van der Waals surface area contributed by atoms with E-state index in [9.17, 15) is 26.0 Å². The van der Waals surface area contributed by atoms with Gasteiger partial charge in [-0.3, -0.25) is 4.72 Å². The maximum absolute atomic E-state index is 13.5. The van der Waals surface area contributed by atoms with Crippen molar-refractivity contribution in [1.82, 2.24) is 0 Å². The predicted octanol–water partition coefficient (Wildman–Crippen LogP) is 2.63. The number of anilines is 2. The van der Waals surface area contributed by atoms with Gasteiger partial charge in [-0.1, -0.05) is 0 Å². The Morgan fingerprint density at radius 1 is 0.905 bits per heavy atom. The maximum Gasteiger partial charge on any atom is 0.264 e. The van der Waals surface area contributed by atoms with E-state index in [0.717, 1.165) is 18.2 Å². The first-order valence-electron chi connectivity index (χ1n) is 5.43. The third-order valence-corrected chi connectivity index (χ3v) is 3.94. The van der Waals surface area contributed by atoms with Gasteiger partial charge >= 0.3 is 0 Å². The second-order valence-electron chi connectivity index (χ2n) is 4.02. The van der Waals surface area contributed by atoms with Gasteiger partial charge in [0, 0.05) is 0 Å². The summed E-state index contributed by atoms with van der Waals surface area (Å²) < 4.78 is 78.0. The van der Waals surface area contributed by atoms with E-state index < -0.39 is 38.2 Å². The van der Waals surface area contributed by atoms with Crippen LogP contribution in [0.2, 0.25) is 0 Å². The summed E-state index contributed by atoms with van der Waals surface area (Å²) in [6.07, 6.45) is 0. The highest BCUT2D eigenvalue weighted by molar-refractivity contribution is 7.92. The van der Waals surface area contributed by atoms with Gasteiger partial charge < -0.3 is 5.73 Å². The van der Waals surface area contributed by atoms with Crippen molar-refractivity contribution >= 4 is 21.4 Å². The van der Waals surface area contributed by atoms with Gasteiger partial charge in [0.25, 0.3) is 10.0 Å². The molecule has 0 aliphatic rings. The standard InChI is InChI=1S/C12H8F4N2O2S/c13-7-2-1-6(5-9(7)17)18-21(19,20)10-4-3-8(14)11(15)12(10)16/h1-5,18H,17H2. The van der Waals surface area contributed by atoms with Crippen molar-refractivity contribution in [3.8, 4) is 0 Å². The molecule has 0 radical (unpaired) electrons. The second kappa shape index (κ2) is 5.24. The SMILES string of the molecule is Nc1cc(NS(=O)(=O)c2ccc(F)c(F)c2F)ccc1F. The molecule has 0 saturated carbocycles. The molecule has 2 rings (SSSR count). The van der Waals surface area contributed by atoms with Gasteiger partial charge in [-0.2, -0.15) is 0 Å². The molecule has 0 spiro atoms. The highest BCUT2D eigenvalue weighted by Gasteiger charge is 2.24. The van der Waals surface area contributed by atoms with Crippen molar-refractivity contribution in [2.24, 2.45) is 0 Å². The van der Waals surface area contributed by atoms with Crippen LogP contribution in [0.25, 0.3) is 0 Å². The molecule has 2 aromatic rings. The van der Waals surface area contributed by atoms with Crippen LogP contribution in [0.5, 0.6) is 0 Å². The number of nitrogen functional groups attached to an aromatic ring is 1. The van der Waals surface area contributed by atoms with E-state index in [2.05, 4.69) is 0 Å². The lowest BCUT2D eigenvalue weighted by atomic mass is 10.3. The zero-order valence-electron chi connectivity index (χ0n) is 10.2. The average Bonchev–Trinajstić information content (AvgIpc) is 2.39. The summed E-state index contributed by atoms with van der Waals surface area (Å²) in [7, 11) is -4.52. The molecule has 0 heterocycles. The summed E-state index contributed by atoms with van der Waals surface area (Å²) in [6.45, 7) is 0. The maximum atomic E-state index is 13.5. The van der Waals surface area contributed by atoms with E-state index >= 15 is 0 Å². The second-order valence-corrected chi connectivity index (χ2v) is 5.67. The fourth-order valence-corrected chi connectivity index (χ4v) is 2.65. The molecule has 0 amide bonds. The first-order chi connectivity index (χ1) is 9.72. The van der Waals surface area contributed by atoms with Gasteiger partial charge in [0.15, 0.2) is 17.5 Å². The Morgan fingerprint density at radius 2 is 1.52 bits per heavy atom. The average molecular weight is 320 g/mol. The van der Waals surface area contributed by atoms with Gasteiger partial charge in [-0.15, -0.1) is 0 Å². The van der Waals surface area contributed by atoms with Crippen LogP contribution in [-0.2, 0) is 10.0 Å². The fourth-order valence-electron chi connectivity index (χ4n) is 1.53. The Kier molecular flexibility index (Phi) is 3.77. The van der Waals surface area contributed by atoms with Crippen LogP contribution >= 0.6 is 0 Å². The minimum Gasteiger partial charge on any atom is -0.396 e. The third kappa shape index (κ3) is 2.92. The monoisotopic (exact) mass is 320 g/mol. The molecular weight excluding hydrogens is 312 g/mol. The molecule has 0 unspecified atom stereocenters. The molecule has 0 atom stereocenters. The van der Waals surface area contributed by atoms with Crippen LogP contribution in [0, 0.1) is 23.3 Å². The van der Waals surface area contributed by atoms with Gasteiger partial charge in [-0.25, -0.2) is 26.0 Å². The number of rotatable bonds is 3. The molecule has 2 aromatic carbocycles. The van der Waals surface area contributed by atoms with E-state index in [1.54, 1.807) is 0 Å². The summed E-state index contributed by atoms with van der Waals surface area (Å²) in [5, 5.41) is 0. The van der Waals surface area contributed by atoms with Crippen molar-refractivity contribution < 1.29 is 26.0 Å². The summed E-state index contributed by atoms with van der Waals surface area (Å²) in [4.78, 5) is -1.08. The topological polar surface area (TPSA) is 72.2 Å². The Hall–Kier alpha value is -2.29. The Morgan fingerprint density at radius 3 is 2.14 bits per heavy atom. The largest absolute Gasteiger partial charge is 0.396 e. The molecule has 21 heavy (non-hydrogen) atoms. The van der Waals surface area contributed by atoms with Crippen molar-refractivity contribution in [2.45, 2.75) is 4.90 Å². The summed E-state index contributed by atoms with van der Waals surface area (Å²) in [6, 6.07) is 3.95. The van der Waals surface area contributed by atoms with Crippen LogP contribution in [0.1, 0.15) is 0 Å². The summed E-state index contributed by atoms with van der Waals surface area (Å²) in [5.74, 6) is -6.04. The Balaban J connectivity index is 2.43. The molecule has 0 aliphatic carbocycles. The predicted molar refractivity (Wildman–Crippen MR) is 67.9 cm³/mol. The number of nitrogens with two attached hydrogens (primary N) is 1. The molecule has 0 fully saturated rings. The lowest BCUT2D eigenvalue weighted by Crippen LogP contribution is -2.16. The number of halogens is 4. The van der Waals surface area contributed by atoms with Crippen LogP contribution in [0.3, 0.4) is 0 Å². The molecule has 0 saturated heterocycles. The minimum atomic E-state index is -4.52. The number of sulfonamides is 1. The van der Waals surface area contributed by atoms with Gasteiger partial charge in [-0.05, 0) is 30.3 Å². The van der Waals surface area contributed by atoms with Gasteiger partial charge in [0.2, 0.25) is 0 Å². The third-order valence-electron chi connectivity index (χ3n) is 2.54. The minimum absolute atomic E-state index is 0.155. The summed E-state index contributed by atoms with van der Waals surface area (Å²) in [5.41, 5.74) is 4.77. The normalized spacial score (nSPS) is 11.4. The van der Waals surface area contributed by atoms with Crippen molar-refractivity contribution in [1.29, 1.82) is 0 Å². The zero-order valence-corrected chi connectivity index (χ0v) is 11.0. The van der Waals surface area contributed by atoms with Crippen LogP contribution in [0.15, 0.2) is 35.2 Å². The molecule has 9 heteroatoms. The molecule has 4 nitrogen and oxygen atoms in total. The quantitative estimate of drug-likeness (QED) is 0.519. The Labute approximate surface area is 117 Å².